The molecule has 0 aromatic rings. The average Bonchev–Trinajstić information content (AvgIpc) is 3.09. The summed E-state index contributed by atoms with van der Waals surface area (Å²) in [6.45, 7) is 4.51. The Hall–Kier alpha value is -1.28. The number of carbonyl (C=O) groups is 1. The van der Waals surface area contributed by atoms with Gasteiger partial charge in [-0.1, -0.05) is 159 Å². The summed E-state index contributed by atoms with van der Waals surface area (Å²) >= 11 is 0. The number of amides is 1. The van der Waals surface area contributed by atoms with Crippen LogP contribution in [0.4, 0.5) is 0 Å². The summed E-state index contributed by atoms with van der Waals surface area (Å²) in [7, 11) is 1.25. The maximum absolute atomic E-state index is 12.7. The Morgan fingerprint density at radius 1 is 0.673 bits per heavy atom. The molecule has 0 fully saturated rings. The van der Waals surface area contributed by atoms with E-state index in [-0.39, 0.29) is 19.1 Å². The van der Waals surface area contributed by atoms with Crippen molar-refractivity contribution in [2.24, 2.45) is 0 Å². The van der Waals surface area contributed by atoms with Crippen LogP contribution in [-0.4, -0.2) is 68.5 Å². The molecule has 2 N–H and O–H groups in total. The van der Waals surface area contributed by atoms with E-state index in [1.54, 1.807) is 6.08 Å². The molecule has 0 saturated carbocycles. The minimum Gasteiger partial charge on any atom is -0.756 e. The molecule has 0 rings (SSSR count). The molecule has 306 valence electrons. The fourth-order valence-corrected chi connectivity index (χ4v) is 6.61. The monoisotopic (exact) mass is 755 g/mol. The van der Waals surface area contributed by atoms with Crippen LogP contribution in [0.1, 0.15) is 181 Å². The number of nitrogens with zero attached hydrogens (tertiary/aromatic N) is 1. The van der Waals surface area contributed by atoms with E-state index in [0.717, 1.165) is 51.4 Å². The molecule has 3 atom stereocenters. The van der Waals surface area contributed by atoms with Crippen LogP contribution in [0, 0.1) is 0 Å². The van der Waals surface area contributed by atoms with Gasteiger partial charge in [-0.2, -0.15) is 0 Å². The van der Waals surface area contributed by atoms with Crippen molar-refractivity contribution in [3.63, 3.8) is 0 Å². The van der Waals surface area contributed by atoms with Gasteiger partial charge in [0.2, 0.25) is 5.91 Å². The zero-order valence-corrected chi connectivity index (χ0v) is 35.4. The summed E-state index contributed by atoms with van der Waals surface area (Å²) in [5.74, 6) is -0.207. The SMILES string of the molecule is CCCCC/C=C/C(O)C(COP(=O)([O-])OCC[N+](C)(C)C)NC(=O)CCCCCCCCCCCCCCC/C=C\C/C=C\CCCCCCC. The van der Waals surface area contributed by atoms with Gasteiger partial charge in [-0.3, -0.25) is 9.36 Å². The lowest BCUT2D eigenvalue weighted by Crippen LogP contribution is -2.45. The van der Waals surface area contributed by atoms with Crippen molar-refractivity contribution < 1.29 is 32.9 Å². The number of aliphatic hydroxyl groups is 1. The van der Waals surface area contributed by atoms with E-state index in [2.05, 4.69) is 43.5 Å². The van der Waals surface area contributed by atoms with Crippen LogP contribution >= 0.6 is 7.82 Å². The molecular formula is C43H83N2O6P. The summed E-state index contributed by atoms with van der Waals surface area (Å²) in [6.07, 6.45) is 42.4. The molecule has 0 aliphatic carbocycles. The van der Waals surface area contributed by atoms with Crippen LogP contribution < -0.4 is 10.2 Å². The molecule has 0 saturated heterocycles. The predicted molar refractivity (Wildman–Crippen MR) is 219 cm³/mol. The van der Waals surface area contributed by atoms with E-state index in [1.165, 1.54) is 109 Å². The van der Waals surface area contributed by atoms with E-state index in [9.17, 15) is 19.4 Å². The summed E-state index contributed by atoms with van der Waals surface area (Å²) in [6, 6.07) is -0.881. The molecule has 0 heterocycles. The van der Waals surface area contributed by atoms with Crippen molar-refractivity contribution in [3.05, 3.63) is 36.5 Å². The first-order valence-corrected chi connectivity index (χ1v) is 22.8. The van der Waals surface area contributed by atoms with Crippen molar-refractivity contribution in [1.82, 2.24) is 5.32 Å². The van der Waals surface area contributed by atoms with Crippen LogP contribution in [0.3, 0.4) is 0 Å². The van der Waals surface area contributed by atoms with E-state index >= 15 is 0 Å². The van der Waals surface area contributed by atoms with E-state index in [0.29, 0.717) is 17.4 Å². The van der Waals surface area contributed by atoms with Gasteiger partial charge in [0.1, 0.15) is 13.2 Å². The summed E-state index contributed by atoms with van der Waals surface area (Å²) in [4.78, 5) is 25.0. The summed E-state index contributed by atoms with van der Waals surface area (Å²) in [5.41, 5.74) is 0. The number of hydrogen-bond donors (Lipinski definition) is 2. The van der Waals surface area contributed by atoms with E-state index < -0.39 is 20.0 Å². The lowest BCUT2D eigenvalue weighted by molar-refractivity contribution is -0.870. The minimum atomic E-state index is -4.57. The maximum atomic E-state index is 12.7. The normalized spacial score (nSPS) is 14.8. The largest absolute Gasteiger partial charge is 0.756 e. The number of hydrogen-bond acceptors (Lipinski definition) is 6. The third-order valence-corrected chi connectivity index (χ3v) is 10.3. The quantitative estimate of drug-likeness (QED) is 0.0281. The average molecular weight is 755 g/mol. The fraction of sp³-hybridized carbons (Fsp3) is 0.837. The third-order valence-electron chi connectivity index (χ3n) is 9.34. The number of likely N-dealkylation sites (N-methyl/N-ethyl adjacent to an activating group) is 1. The van der Waals surface area contributed by atoms with Gasteiger partial charge in [0.05, 0.1) is 39.9 Å². The van der Waals surface area contributed by atoms with E-state index in [1.807, 2.05) is 27.2 Å². The first kappa shape index (κ1) is 50.7. The third kappa shape index (κ3) is 37.1. The van der Waals surface area contributed by atoms with Gasteiger partial charge >= 0.3 is 0 Å². The van der Waals surface area contributed by atoms with Crippen molar-refractivity contribution in [1.29, 1.82) is 0 Å². The second kappa shape index (κ2) is 35.4. The Labute approximate surface area is 321 Å². The Balaban J connectivity index is 4.02. The topological polar surface area (TPSA) is 108 Å². The molecule has 0 spiro atoms. The number of aliphatic hydroxyl groups excluding tert-OH is 1. The molecule has 8 nitrogen and oxygen atoms in total. The highest BCUT2D eigenvalue weighted by Crippen LogP contribution is 2.38. The van der Waals surface area contributed by atoms with Gasteiger partial charge in [0.25, 0.3) is 7.82 Å². The number of quaternary nitrogens is 1. The summed E-state index contributed by atoms with van der Waals surface area (Å²) < 4.78 is 23.0. The second-order valence-corrected chi connectivity index (χ2v) is 17.1. The predicted octanol–water partition coefficient (Wildman–Crippen LogP) is 10.9. The lowest BCUT2D eigenvalue weighted by Gasteiger charge is -2.29. The molecule has 0 aromatic heterocycles. The number of rotatable bonds is 38. The number of unbranched alkanes of at least 4 members (excludes halogenated alkanes) is 21. The standard InChI is InChI=1S/C43H83N2O6P/c1-6-8-10-12-13-14-15-16-17-18-19-20-21-22-23-24-25-26-27-28-29-30-31-33-35-37-43(47)44-41(42(46)36-34-32-11-9-7-2)40-51-52(48,49)50-39-38-45(3,4)5/h15-16,18-19,34,36,41-42,46H,6-14,17,20-33,35,37-40H2,1-5H3,(H-,44,47,48,49)/b16-15-,19-18-,36-34+. The molecule has 1 amide bonds. The molecule has 0 aliphatic heterocycles. The van der Waals surface area contributed by atoms with Gasteiger partial charge in [-0.15, -0.1) is 0 Å². The van der Waals surface area contributed by atoms with Crippen LogP contribution in [0.5, 0.6) is 0 Å². The van der Waals surface area contributed by atoms with Gasteiger partial charge in [-0.25, -0.2) is 0 Å². The Morgan fingerprint density at radius 2 is 1.12 bits per heavy atom. The molecular weight excluding hydrogens is 671 g/mol. The molecule has 0 radical (unpaired) electrons. The lowest BCUT2D eigenvalue weighted by atomic mass is 10.0. The van der Waals surface area contributed by atoms with Gasteiger partial charge in [-0.05, 0) is 51.4 Å². The maximum Gasteiger partial charge on any atom is 0.268 e. The first-order chi connectivity index (χ1) is 25.0. The number of nitrogens with one attached hydrogen (secondary N) is 1. The minimum absolute atomic E-state index is 0.00222. The fourth-order valence-electron chi connectivity index (χ4n) is 5.89. The van der Waals surface area contributed by atoms with Crippen molar-refractivity contribution in [2.45, 2.75) is 193 Å². The molecule has 3 unspecified atom stereocenters. The van der Waals surface area contributed by atoms with E-state index in [4.69, 9.17) is 9.05 Å². The highest BCUT2D eigenvalue weighted by Gasteiger charge is 2.23. The number of allylic oxidation sites excluding steroid dienone is 5. The van der Waals surface area contributed by atoms with Crippen LogP contribution in [0.15, 0.2) is 36.5 Å². The second-order valence-electron chi connectivity index (χ2n) is 15.7. The van der Waals surface area contributed by atoms with Crippen LogP contribution in [-0.2, 0) is 18.4 Å². The van der Waals surface area contributed by atoms with Crippen molar-refractivity contribution in [2.75, 3.05) is 40.9 Å². The zero-order valence-electron chi connectivity index (χ0n) is 34.5. The summed E-state index contributed by atoms with van der Waals surface area (Å²) in [5, 5.41) is 13.5. The zero-order chi connectivity index (χ0) is 38.6. The Bertz CT molecular complexity index is 948. The Kier molecular flexibility index (Phi) is 34.6. The molecule has 0 bridgehead atoms. The molecule has 0 aromatic carbocycles. The molecule has 0 aliphatic rings. The highest BCUT2D eigenvalue weighted by atomic mass is 31.2. The number of carbonyl (C=O) groups excluding carboxylic acids is 1. The number of phosphoric ester groups is 1. The van der Waals surface area contributed by atoms with Crippen LogP contribution in [0.2, 0.25) is 0 Å². The molecule has 9 heteroatoms. The molecule has 52 heavy (non-hydrogen) atoms. The van der Waals surface area contributed by atoms with Crippen LogP contribution in [0.25, 0.3) is 0 Å². The number of phosphoric acid groups is 1. The van der Waals surface area contributed by atoms with Gasteiger partial charge in [0, 0.05) is 6.42 Å². The van der Waals surface area contributed by atoms with Gasteiger partial charge in [0.15, 0.2) is 0 Å². The smallest absolute Gasteiger partial charge is 0.268 e. The first-order valence-electron chi connectivity index (χ1n) is 21.4. The van der Waals surface area contributed by atoms with Gasteiger partial charge < -0.3 is 28.8 Å². The van der Waals surface area contributed by atoms with Crippen molar-refractivity contribution in [3.8, 4) is 0 Å². The van der Waals surface area contributed by atoms with Crippen molar-refractivity contribution >= 4 is 13.7 Å². The Morgan fingerprint density at radius 3 is 1.63 bits per heavy atom. The highest BCUT2D eigenvalue weighted by molar-refractivity contribution is 7.45.